The standard InChI is InChI=1S/C27H37N3O4/c1-4-34-25-20(3)23(27(32)30-13-15-33-16-14-30)11-12-24(25)26(31)29-18-19(2)9-10-21-7-5-6-8-22(21)17-28/h5-8,11-12,19H,4,9-10,13-18,28H2,1-3H3,(H,29,31)/t19-/m0/s1. The average molecular weight is 468 g/mol. The van der Waals surface area contributed by atoms with E-state index in [2.05, 4.69) is 24.4 Å². The van der Waals surface area contributed by atoms with Crippen molar-refractivity contribution in [1.29, 1.82) is 0 Å². The van der Waals surface area contributed by atoms with Gasteiger partial charge in [-0.25, -0.2) is 0 Å². The highest BCUT2D eigenvalue weighted by atomic mass is 16.5. The molecule has 0 saturated carbocycles. The first-order valence-electron chi connectivity index (χ1n) is 12.1. The van der Waals surface area contributed by atoms with Crippen molar-refractivity contribution in [2.24, 2.45) is 11.7 Å². The van der Waals surface area contributed by atoms with Crippen LogP contribution in [0.15, 0.2) is 36.4 Å². The number of amides is 2. The summed E-state index contributed by atoms with van der Waals surface area (Å²) in [5.41, 5.74) is 9.99. The number of morpholine rings is 1. The number of carbonyl (C=O) groups excluding carboxylic acids is 2. The zero-order valence-electron chi connectivity index (χ0n) is 20.6. The van der Waals surface area contributed by atoms with Gasteiger partial charge in [0, 0.05) is 37.3 Å². The van der Waals surface area contributed by atoms with Crippen molar-refractivity contribution in [2.75, 3.05) is 39.5 Å². The Kier molecular flexibility index (Phi) is 9.48. The molecule has 0 radical (unpaired) electrons. The minimum atomic E-state index is -0.189. The van der Waals surface area contributed by atoms with Gasteiger partial charge in [0.05, 0.1) is 25.4 Å². The Balaban J connectivity index is 1.65. The molecule has 2 aromatic rings. The Morgan fingerprint density at radius 3 is 2.47 bits per heavy atom. The van der Waals surface area contributed by atoms with E-state index in [4.69, 9.17) is 15.2 Å². The third-order valence-electron chi connectivity index (χ3n) is 6.32. The van der Waals surface area contributed by atoms with Crippen LogP contribution in [0.1, 0.15) is 57.7 Å². The van der Waals surface area contributed by atoms with Gasteiger partial charge in [-0.1, -0.05) is 31.2 Å². The van der Waals surface area contributed by atoms with Gasteiger partial charge in [-0.3, -0.25) is 9.59 Å². The molecule has 7 heteroatoms. The van der Waals surface area contributed by atoms with Crippen molar-refractivity contribution >= 4 is 11.8 Å². The number of aryl methyl sites for hydroxylation is 1. The summed E-state index contributed by atoms with van der Waals surface area (Å²) >= 11 is 0. The third kappa shape index (κ3) is 6.36. The van der Waals surface area contributed by atoms with Crippen LogP contribution in [0.25, 0.3) is 0 Å². The summed E-state index contributed by atoms with van der Waals surface area (Å²) in [6.45, 7) is 9.56. The number of hydrogen-bond acceptors (Lipinski definition) is 5. The molecule has 3 rings (SSSR count). The maximum atomic E-state index is 13.0. The molecular weight excluding hydrogens is 430 g/mol. The van der Waals surface area contributed by atoms with Gasteiger partial charge in [-0.15, -0.1) is 0 Å². The highest BCUT2D eigenvalue weighted by Crippen LogP contribution is 2.28. The van der Waals surface area contributed by atoms with Gasteiger partial charge < -0.3 is 25.4 Å². The lowest BCUT2D eigenvalue weighted by molar-refractivity contribution is 0.0302. The van der Waals surface area contributed by atoms with Crippen molar-refractivity contribution in [3.05, 3.63) is 64.2 Å². The van der Waals surface area contributed by atoms with Crippen LogP contribution in [0.4, 0.5) is 0 Å². The fourth-order valence-corrected chi connectivity index (χ4v) is 4.24. The van der Waals surface area contributed by atoms with Crippen LogP contribution in [-0.4, -0.2) is 56.2 Å². The van der Waals surface area contributed by atoms with E-state index in [9.17, 15) is 9.59 Å². The monoisotopic (exact) mass is 467 g/mol. The molecule has 2 aromatic carbocycles. The fraction of sp³-hybridized carbons (Fsp3) is 0.481. The minimum absolute atomic E-state index is 0.0555. The lowest BCUT2D eigenvalue weighted by Gasteiger charge is -2.28. The molecule has 0 unspecified atom stereocenters. The highest BCUT2D eigenvalue weighted by Gasteiger charge is 2.24. The average Bonchev–Trinajstić information content (AvgIpc) is 2.87. The summed E-state index contributed by atoms with van der Waals surface area (Å²) in [4.78, 5) is 27.8. The van der Waals surface area contributed by atoms with Gasteiger partial charge in [0.15, 0.2) is 0 Å². The number of hydrogen-bond donors (Lipinski definition) is 2. The Morgan fingerprint density at radius 2 is 1.79 bits per heavy atom. The van der Waals surface area contributed by atoms with Crippen LogP contribution in [0, 0.1) is 12.8 Å². The number of rotatable bonds is 10. The predicted molar refractivity (Wildman–Crippen MR) is 133 cm³/mol. The molecule has 1 saturated heterocycles. The number of carbonyl (C=O) groups is 2. The van der Waals surface area contributed by atoms with Crippen molar-refractivity contribution < 1.29 is 19.1 Å². The number of nitrogens with two attached hydrogens (primary N) is 1. The van der Waals surface area contributed by atoms with Crippen LogP contribution < -0.4 is 15.8 Å². The second-order valence-corrected chi connectivity index (χ2v) is 8.78. The summed E-state index contributed by atoms with van der Waals surface area (Å²) in [5, 5.41) is 3.05. The molecule has 7 nitrogen and oxygen atoms in total. The second-order valence-electron chi connectivity index (χ2n) is 8.78. The summed E-state index contributed by atoms with van der Waals surface area (Å²) in [7, 11) is 0. The van der Waals surface area contributed by atoms with Crippen LogP contribution in [0.3, 0.4) is 0 Å². The Labute approximate surface area is 202 Å². The Hall–Kier alpha value is -2.90. The molecule has 1 fully saturated rings. The van der Waals surface area contributed by atoms with Gasteiger partial charge in [-0.2, -0.15) is 0 Å². The van der Waals surface area contributed by atoms with E-state index in [1.54, 1.807) is 17.0 Å². The summed E-state index contributed by atoms with van der Waals surface area (Å²) < 4.78 is 11.2. The summed E-state index contributed by atoms with van der Waals surface area (Å²) in [6, 6.07) is 11.7. The van der Waals surface area contributed by atoms with Crippen molar-refractivity contribution in [3.8, 4) is 5.75 Å². The molecule has 1 aliphatic rings. The van der Waals surface area contributed by atoms with Crippen molar-refractivity contribution in [2.45, 2.75) is 40.2 Å². The lowest BCUT2D eigenvalue weighted by Crippen LogP contribution is -2.41. The molecule has 2 amide bonds. The molecule has 0 aliphatic carbocycles. The van der Waals surface area contributed by atoms with E-state index in [-0.39, 0.29) is 11.8 Å². The van der Waals surface area contributed by atoms with Crippen molar-refractivity contribution in [3.63, 3.8) is 0 Å². The number of nitrogens with one attached hydrogen (secondary N) is 1. The number of ether oxygens (including phenoxy) is 2. The maximum absolute atomic E-state index is 13.0. The molecule has 34 heavy (non-hydrogen) atoms. The second kappa shape index (κ2) is 12.5. The molecule has 0 bridgehead atoms. The smallest absolute Gasteiger partial charge is 0.255 e. The topological polar surface area (TPSA) is 93.9 Å². The zero-order valence-corrected chi connectivity index (χ0v) is 20.6. The van der Waals surface area contributed by atoms with Crippen molar-refractivity contribution in [1.82, 2.24) is 10.2 Å². The Bertz CT molecular complexity index is 986. The maximum Gasteiger partial charge on any atom is 0.255 e. The zero-order chi connectivity index (χ0) is 24.5. The fourth-order valence-electron chi connectivity index (χ4n) is 4.24. The van der Waals surface area contributed by atoms with E-state index in [1.807, 2.05) is 26.0 Å². The normalized spacial score (nSPS) is 14.5. The molecule has 1 heterocycles. The first-order valence-corrected chi connectivity index (χ1v) is 12.1. The highest BCUT2D eigenvalue weighted by molar-refractivity contribution is 6.01. The number of nitrogens with zero attached hydrogens (tertiary/aromatic N) is 1. The summed E-state index contributed by atoms with van der Waals surface area (Å²) in [6.07, 6.45) is 1.87. The van der Waals surface area contributed by atoms with Gasteiger partial charge in [0.1, 0.15) is 5.75 Å². The van der Waals surface area contributed by atoms with Gasteiger partial charge in [-0.05, 0) is 55.9 Å². The number of benzene rings is 2. The lowest BCUT2D eigenvalue weighted by atomic mass is 9.97. The molecule has 0 aromatic heterocycles. The van der Waals surface area contributed by atoms with Crippen LogP contribution in [0.5, 0.6) is 5.75 Å². The van der Waals surface area contributed by atoms with E-state index >= 15 is 0 Å². The van der Waals surface area contributed by atoms with E-state index in [0.29, 0.717) is 74.4 Å². The van der Waals surface area contributed by atoms with Gasteiger partial charge >= 0.3 is 0 Å². The summed E-state index contributed by atoms with van der Waals surface area (Å²) in [5.74, 6) is 0.531. The first-order chi connectivity index (χ1) is 16.5. The Morgan fingerprint density at radius 1 is 1.12 bits per heavy atom. The molecule has 3 N–H and O–H groups in total. The molecule has 0 spiro atoms. The first kappa shape index (κ1) is 25.7. The van der Waals surface area contributed by atoms with E-state index < -0.39 is 0 Å². The molecule has 1 atom stereocenters. The van der Waals surface area contributed by atoms with E-state index in [0.717, 1.165) is 12.8 Å². The van der Waals surface area contributed by atoms with Gasteiger partial charge in [0.25, 0.3) is 11.8 Å². The molecular formula is C27H37N3O4. The van der Waals surface area contributed by atoms with Gasteiger partial charge in [0.2, 0.25) is 0 Å². The predicted octanol–water partition coefficient (Wildman–Crippen LogP) is 3.32. The minimum Gasteiger partial charge on any atom is -0.493 e. The van der Waals surface area contributed by atoms with E-state index in [1.165, 1.54) is 11.1 Å². The molecule has 1 aliphatic heterocycles. The quantitative estimate of drug-likeness (QED) is 0.559. The third-order valence-corrected chi connectivity index (χ3v) is 6.32. The largest absolute Gasteiger partial charge is 0.493 e. The molecule has 184 valence electrons. The van der Waals surface area contributed by atoms with Crippen LogP contribution >= 0.6 is 0 Å². The van der Waals surface area contributed by atoms with Crippen LogP contribution in [-0.2, 0) is 17.7 Å². The SMILES string of the molecule is CCOc1c(C(=O)NC[C@@H](C)CCc2ccccc2CN)ccc(C(=O)N2CCOCC2)c1C. The van der Waals surface area contributed by atoms with Crippen LogP contribution in [0.2, 0.25) is 0 Å².